The smallest absolute Gasteiger partial charge is 0.256 e. The lowest BCUT2D eigenvalue weighted by molar-refractivity contribution is 0.102. The van der Waals surface area contributed by atoms with Gasteiger partial charge in [-0.2, -0.15) is 4.98 Å². The zero-order chi connectivity index (χ0) is 21.6. The number of aromatic nitrogens is 3. The molecular formula is C22H17ClN4O3S. The Hall–Kier alpha value is -3.36. The Morgan fingerprint density at radius 2 is 1.94 bits per heavy atom. The van der Waals surface area contributed by atoms with E-state index in [9.17, 15) is 4.79 Å². The van der Waals surface area contributed by atoms with Gasteiger partial charge in [-0.3, -0.25) is 4.79 Å². The molecule has 4 rings (SSSR count). The highest BCUT2D eigenvalue weighted by Crippen LogP contribution is 2.27. The predicted octanol–water partition coefficient (Wildman–Crippen LogP) is 5.76. The second-order valence-corrected chi connectivity index (χ2v) is 7.87. The predicted molar refractivity (Wildman–Crippen MR) is 119 cm³/mol. The monoisotopic (exact) mass is 452 g/mol. The molecule has 31 heavy (non-hydrogen) atoms. The average Bonchev–Trinajstić information content (AvgIpc) is 3.20. The molecule has 0 saturated heterocycles. The van der Waals surface area contributed by atoms with Crippen molar-refractivity contribution in [1.29, 1.82) is 0 Å². The van der Waals surface area contributed by atoms with E-state index in [1.807, 2.05) is 18.2 Å². The van der Waals surface area contributed by atoms with Gasteiger partial charge in [-0.25, -0.2) is 4.98 Å². The number of rotatable bonds is 7. The highest BCUT2D eigenvalue weighted by Gasteiger charge is 2.13. The van der Waals surface area contributed by atoms with Crippen LogP contribution in [0, 0.1) is 6.92 Å². The number of hydrogen-bond donors (Lipinski definition) is 1. The van der Waals surface area contributed by atoms with E-state index in [2.05, 4.69) is 20.4 Å². The lowest BCUT2D eigenvalue weighted by atomic mass is 10.2. The van der Waals surface area contributed by atoms with Gasteiger partial charge in [0.2, 0.25) is 11.8 Å². The van der Waals surface area contributed by atoms with Crippen LogP contribution in [0.2, 0.25) is 5.02 Å². The number of carbonyl (C=O) groups excluding carboxylic acids is 1. The third-order valence-electron chi connectivity index (χ3n) is 4.08. The third kappa shape index (κ3) is 5.62. The van der Waals surface area contributed by atoms with Gasteiger partial charge in [0, 0.05) is 16.0 Å². The van der Waals surface area contributed by atoms with Crippen molar-refractivity contribution in [2.24, 2.45) is 0 Å². The van der Waals surface area contributed by atoms with Crippen LogP contribution in [0.25, 0.3) is 0 Å². The average molecular weight is 453 g/mol. The van der Waals surface area contributed by atoms with Gasteiger partial charge in [0.25, 0.3) is 5.91 Å². The van der Waals surface area contributed by atoms with Crippen molar-refractivity contribution in [2.75, 3.05) is 5.32 Å². The summed E-state index contributed by atoms with van der Waals surface area (Å²) in [6.45, 7) is 1.76. The normalized spacial score (nSPS) is 10.6. The van der Waals surface area contributed by atoms with E-state index >= 15 is 0 Å². The van der Waals surface area contributed by atoms with E-state index in [-0.39, 0.29) is 5.91 Å². The number of ether oxygens (including phenoxy) is 1. The number of thioether (sulfide) groups is 1. The van der Waals surface area contributed by atoms with Crippen LogP contribution >= 0.6 is 23.4 Å². The highest BCUT2D eigenvalue weighted by atomic mass is 35.5. The Balaban J connectivity index is 1.40. The molecule has 0 saturated carbocycles. The molecule has 2 aromatic carbocycles. The Kier molecular flexibility index (Phi) is 6.49. The van der Waals surface area contributed by atoms with Crippen molar-refractivity contribution in [1.82, 2.24) is 15.1 Å². The summed E-state index contributed by atoms with van der Waals surface area (Å²) in [6.07, 6.45) is 1.54. The van der Waals surface area contributed by atoms with E-state index in [1.165, 1.54) is 11.8 Å². The van der Waals surface area contributed by atoms with Gasteiger partial charge in [-0.1, -0.05) is 28.9 Å². The maximum absolute atomic E-state index is 12.8. The minimum Gasteiger partial charge on any atom is -0.439 e. The zero-order valence-electron chi connectivity index (χ0n) is 16.4. The lowest BCUT2D eigenvalue weighted by Gasteiger charge is -2.10. The number of halogens is 1. The molecule has 0 atom stereocenters. The van der Waals surface area contributed by atoms with Crippen LogP contribution in [0.5, 0.6) is 11.6 Å². The molecule has 0 aliphatic rings. The van der Waals surface area contributed by atoms with Crippen LogP contribution < -0.4 is 10.1 Å². The summed E-state index contributed by atoms with van der Waals surface area (Å²) in [5.74, 6) is 2.36. The molecule has 0 aliphatic carbocycles. The molecule has 0 aliphatic heterocycles. The van der Waals surface area contributed by atoms with Gasteiger partial charge in [-0.05, 0) is 49.4 Å². The van der Waals surface area contributed by atoms with Crippen LogP contribution in [0.15, 0.2) is 76.3 Å². The number of aryl methyl sites for hydroxylation is 1. The quantitative estimate of drug-likeness (QED) is 0.356. The summed E-state index contributed by atoms with van der Waals surface area (Å²) in [5.41, 5.74) is 1.10. The minimum absolute atomic E-state index is 0.238. The molecule has 1 amide bonds. The number of anilines is 1. The largest absolute Gasteiger partial charge is 0.439 e. The molecule has 0 radical (unpaired) electrons. The Morgan fingerprint density at radius 1 is 1.13 bits per heavy atom. The number of amides is 1. The summed E-state index contributed by atoms with van der Waals surface area (Å²) < 4.78 is 10.8. The molecule has 156 valence electrons. The number of carbonyl (C=O) groups is 1. The SMILES string of the molecule is Cc1noc(CSc2ccccc2C(=O)Nc2ccc(Oc3ccc(Cl)cc3)nc2)n1. The van der Waals surface area contributed by atoms with Crippen molar-refractivity contribution < 1.29 is 14.1 Å². The third-order valence-corrected chi connectivity index (χ3v) is 5.39. The minimum atomic E-state index is -0.238. The number of pyridine rings is 1. The second-order valence-electron chi connectivity index (χ2n) is 6.42. The molecular weight excluding hydrogens is 436 g/mol. The van der Waals surface area contributed by atoms with Crippen molar-refractivity contribution in [3.8, 4) is 11.6 Å². The first kappa shape index (κ1) is 20.9. The molecule has 0 unspecified atom stereocenters. The molecule has 0 spiro atoms. The molecule has 7 nitrogen and oxygen atoms in total. The van der Waals surface area contributed by atoms with Crippen LogP contribution in [0.3, 0.4) is 0 Å². The lowest BCUT2D eigenvalue weighted by Crippen LogP contribution is -2.13. The summed E-state index contributed by atoms with van der Waals surface area (Å²) in [4.78, 5) is 22.0. The number of nitrogens with one attached hydrogen (secondary N) is 1. The summed E-state index contributed by atoms with van der Waals surface area (Å²) in [7, 11) is 0. The molecule has 0 fully saturated rings. The Morgan fingerprint density at radius 3 is 2.65 bits per heavy atom. The number of hydrogen-bond acceptors (Lipinski definition) is 7. The van der Waals surface area contributed by atoms with Gasteiger partial charge >= 0.3 is 0 Å². The van der Waals surface area contributed by atoms with Crippen molar-refractivity contribution in [3.05, 3.63) is 89.2 Å². The van der Waals surface area contributed by atoms with Gasteiger partial charge in [0.15, 0.2) is 5.82 Å². The van der Waals surface area contributed by atoms with Gasteiger partial charge in [0.05, 0.1) is 23.2 Å². The molecule has 2 heterocycles. The highest BCUT2D eigenvalue weighted by molar-refractivity contribution is 7.98. The van der Waals surface area contributed by atoms with E-state index < -0.39 is 0 Å². The van der Waals surface area contributed by atoms with Crippen molar-refractivity contribution in [3.63, 3.8) is 0 Å². The van der Waals surface area contributed by atoms with Crippen molar-refractivity contribution >= 4 is 35.0 Å². The second kappa shape index (κ2) is 9.63. The topological polar surface area (TPSA) is 90.1 Å². The first-order valence-electron chi connectivity index (χ1n) is 9.29. The first-order chi connectivity index (χ1) is 15.1. The van der Waals surface area contributed by atoms with Crippen molar-refractivity contribution in [2.45, 2.75) is 17.6 Å². The van der Waals surface area contributed by atoms with E-state index in [1.54, 1.807) is 55.6 Å². The zero-order valence-corrected chi connectivity index (χ0v) is 18.0. The summed E-state index contributed by atoms with van der Waals surface area (Å²) in [6, 6.07) is 17.7. The van der Waals surface area contributed by atoms with Gasteiger partial charge in [-0.15, -0.1) is 11.8 Å². The van der Waals surface area contributed by atoms with Crippen LogP contribution in [-0.4, -0.2) is 21.0 Å². The maximum atomic E-state index is 12.8. The molecule has 1 N–H and O–H groups in total. The van der Waals surface area contributed by atoms with E-state index in [0.717, 1.165) is 4.90 Å². The fourth-order valence-electron chi connectivity index (χ4n) is 2.65. The number of benzene rings is 2. The summed E-state index contributed by atoms with van der Waals surface area (Å²) in [5, 5.41) is 7.27. The van der Waals surface area contributed by atoms with Crippen LogP contribution in [-0.2, 0) is 5.75 Å². The van der Waals surface area contributed by atoms with E-state index in [0.29, 0.717) is 45.4 Å². The summed E-state index contributed by atoms with van der Waals surface area (Å²) >= 11 is 7.33. The maximum Gasteiger partial charge on any atom is 0.256 e. The van der Waals surface area contributed by atoms with E-state index in [4.69, 9.17) is 20.9 Å². The molecule has 9 heteroatoms. The molecule has 4 aromatic rings. The van der Waals surface area contributed by atoms with Gasteiger partial charge in [0.1, 0.15) is 5.75 Å². The number of nitrogens with zero attached hydrogens (tertiary/aromatic N) is 3. The molecule has 0 bridgehead atoms. The Labute approximate surface area is 187 Å². The fourth-order valence-corrected chi connectivity index (χ4v) is 3.67. The van der Waals surface area contributed by atoms with Gasteiger partial charge < -0.3 is 14.6 Å². The standard InChI is InChI=1S/C22H17ClN4O3S/c1-14-25-21(30-27-14)13-31-19-5-3-2-4-18(19)22(28)26-16-8-11-20(24-12-16)29-17-9-6-15(23)7-10-17/h2-12H,13H2,1H3,(H,26,28). The van der Waals surface area contributed by atoms with Crippen LogP contribution in [0.1, 0.15) is 22.1 Å². The van der Waals surface area contributed by atoms with Crippen LogP contribution in [0.4, 0.5) is 5.69 Å². The Bertz CT molecular complexity index is 1180. The molecule has 2 aromatic heterocycles. The first-order valence-corrected chi connectivity index (χ1v) is 10.6. The fraction of sp³-hybridized carbons (Fsp3) is 0.0909.